The van der Waals surface area contributed by atoms with Crippen LogP contribution in [0.25, 0.3) is 0 Å². The molecule has 1 N–H and O–H groups in total. The maximum Gasteiger partial charge on any atom is 0.294 e. The minimum atomic E-state index is -0.446. The van der Waals surface area contributed by atoms with E-state index in [0.717, 1.165) is 5.56 Å². The van der Waals surface area contributed by atoms with Crippen LogP contribution in [0.2, 0.25) is 5.02 Å². The number of hydrogen-bond acceptors (Lipinski definition) is 3. The van der Waals surface area contributed by atoms with Gasteiger partial charge < -0.3 is 14.8 Å². The smallest absolute Gasteiger partial charge is 0.294 e. The predicted octanol–water partition coefficient (Wildman–Crippen LogP) is 4.15. The highest BCUT2D eigenvalue weighted by molar-refractivity contribution is 6.33. The van der Waals surface area contributed by atoms with Gasteiger partial charge in [-0.2, -0.15) is 0 Å². The molecule has 2 aromatic rings. The summed E-state index contributed by atoms with van der Waals surface area (Å²) < 4.78 is 10.6. The standard InChI is InChI=1S/C17H16ClNO3/c1-12-7-3-6-10-15(12)22-16(11-21-2)17(20)19-14-9-5-4-8-13(14)18/h3-11H,1-2H3,(H,19,20)/b16-11+. The molecule has 0 saturated heterocycles. The van der Waals surface area contributed by atoms with Gasteiger partial charge in [0.15, 0.2) is 0 Å². The van der Waals surface area contributed by atoms with Crippen LogP contribution in [0.5, 0.6) is 5.75 Å². The number of rotatable bonds is 5. The highest BCUT2D eigenvalue weighted by atomic mass is 35.5. The molecule has 4 nitrogen and oxygen atoms in total. The molecule has 22 heavy (non-hydrogen) atoms. The van der Waals surface area contributed by atoms with Gasteiger partial charge in [0, 0.05) is 0 Å². The third-order valence-electron chi connectivity index (χ3n) is 2.88. The molecule has 0 aliphatic heterocycles. The first-order chi connectivity index (χ1) is 10.6. The maximum absolute atomic E-state index is 12.3. The van der Waals surface area contributed by atoms with E-state index >= 15 is 0 Å². The first kappa shape index (κ1) is 15.9. The minimum Gasteiger partial charge on any atom is -0.500 e. The van der Waals surface area contributed by atoms with Crippen LogP contribution in [0, 0.1) is 6.92 Å². The number of ether oxygens (including phenoxy) is 2. The number of benzene rings is 2. The number of nitrogens with one attached hydrogen (secondary N) is 1. The van der Waals surface area contributed by atoms with Gasteiger partial charge in [-0.05, 0) is 30.7 Å². The molecule has 0 aromatic heterocycles. The summed E-state index contributed by atoms with van der Waals surface area (Å²) in [5.41, 5.74) is 1.42. The highest BCUT2D eigenvalue weighted by Gasteiger charge is 2.15. The number of anilines is 1. The van der Waals surface area contributed by atoms with Crippen LogP contribution in [0.3, 0.4) is 0 Å². The van der Waals surface area contributed by atoms with Crippen molar-refractivity contribution in [2.75, 3.05) is 12.4 Å². The van der Waals surface area contributed by atoms with E-state index in [9.17, 15) is 4.79 Å². The zero-order valence-electron chi connectivity index (χ0n) is 12.3. The zero-order chi connectivity index (χ0) is 15.9. The fourth-order valence-corrected chi connectivity index (χ4v) is 1.95. The molecule has 0 aliphatic carbocycles. The molecule has 0 bridgehead atoms. The second-order valence-corrected chi connectivity index (χ2v) is 4.93. The second-order valence-electron chi connectivity index (χ2n) is 4.52. The number of aryl methyl sites for hydroxylation is 1. The Bertz CT molecular complexity index is 698. The normalized spacial score (nSPS) is 11.0. The van der Waals surface area contributed by atoms with E-state index in [2.05, 4.69) is 5.32 Å². The van der Waals surface area contributed by atoms with E-state index in [-0.39, 0.29) is 5.76 Å². The molecule has 5 heteroatoms. The Hall–Kier alpha value is -2.46. The summed E-state index contributed by atoms with van der Waals surface area (Å²) in [7, 11) is 1.45. The zero-order valence-corrected chi connectivity index (χ0v) is 13.1. The number of halogens is 1. The molecule has 0 fully saturated rings. The average molecular weight is 318 g/mol. The summed E-state index contributed by atoms with van der Waals surface area (Å²) >= 11 is 6.03. The number of carbonyl (C=O) groups is 1. The molecular formula is C17H16ClNO3. The van der Waals surface area contributed by atoms with Crippen molar-refractivity contribution < 1.29 is 14.3 Å². The van der Waals surface area contributed by atoms with Crippen LogP contribution in [0.4, 0.5) is 5.69 Å². The van der Waals surface area contributed by atoms with Gasteiger partial charge in [-0.15, -0.1) is 0 Å². The van der Waals surface area contributed by atoms with Gasteiger partial charge >= 0.3 is 0 Å². The number of amides is 1. The van der Waals surface area contributed by atoms with Crippen molar-refractivity contribution in [1.82, 2.24) is 0 Å². The molecule has 0 spiro atoms. The number of methoxy groups -OCH3 is 1. The fraction of sp³-hybridized carbons (Fsp3) is 0.118. The van der Waals surface area contributed by atoms with E-state index in [1.54, 1.807) is 30.3 Å². The SMILES string of the molecule is CO/C=C(/Oc1ccccc1C)C(=O)Nc1ccccc1Cl. The van der Waals surface area contributed by atoms with Crippen LogP contribution < -0.4 is 10.1 Å². The van der Waals surface area contributed by atoms with Crippen molar-refractivity contribution in [3.63, 3.8) is 0 Å². The van der Waals surface area contributed by atoms with Crippen molar-refractivity contribution in [1.29, 1.82) is 0 Å². The molecule has 0 atom stereocenters. The third kappa shape index (κ3) is 4.02. The largest absolute Gasteiger partial charge is 0.500 e. The van der Waals surface area contributed by atoms with Crippen molar-refractivity contribution in [3.05, 3.63) is 71.1 Å². The predicted molar refractivity (Wildman–Crippen MR) is 87.0 cm³/mol. The Morgan fingerprint density at radius 1 is 1.14 bits per heavy atom. The van der Waals surface area contributed by atoms with Gasteiger partial charge in [-0.3, -0.25) is 4.79 Å². The summed E-state index contributed by atoms with van der Waals surface area (Å²) in [6.07, 6.45) is 1.25. The van der Waals surface area contributed by atoms with Gasteiger partial charge in [-0.25, -0.2) is 0 Å². The lowest BCUT2D eigenvalue weighted by atomic mass is 10.2. The lowest BCUT2D eigenvalue weighted by molar-refractivity contribution is -0.115. The monoisotopic (exact) mass is 317 g/mol. The Labute approximate surface area is 134 Å². The fourth-order valence-electron chi connectivity index (χ4n) is 1.77. The summed E-state index contributed by atoms with van der Waals surface area (Å²) in [6, 6.07) is 14.4. The molecule has 0 heterocycles. The Morgan fingerprint density at radius 3 is 2.50 bits per heavy atom. The molecule has 0 unspecified atom stereocenters. The van der Waals surface area contributed by atoms with Gasteiger partial charge in [-0.1, -0.05) is 41.9 Å². The van der Waals surface area contributed by atoms with Gasteiger partial charge in [0.05, 0.1) is 17.8 Å². The second kappa shape index (κ2) is 7.52. The van der Waals surface area contributed by atoms with Crippen molar-refractivity contribution in [3.8, 4) is 5.75 Å². The molecule has 114 valence electrons. The summed E-state index contributed by atoms with van der Waals surface area (Å²) in [5, 5.41) is 3.14. The molecule has 2 rings (SSSR count). The van der Waals surface area contributed by atoms with E-state index in [1.165, 1.54) is 13.4 Å². The van der Waals surface area contributed by atoms with Gasteiger partial charge in [0.2, 0.25) is 5.76 Å². The first-order valence-corrected chi connectivity index (χ1v) is 7.02. The number of hydrogen-bond donors (Lipinski definition) is 1. The third-order valence-corrected chi connectivity index (χ3v) is 3.21. The molecule has 0 aliphatic rings. The Balaban J connectivity index is 2.18. The molecule has 1 amide bonds. The highest BCUT2D eigenvalue weighted by Crippen LogP contribution is 2.23. The maximum atomic E-state index is 12.3. The first-order valence-electron chi connectivity index (χ1n) is 6.64. The van der Waals surface area contributed by atoms with Crippen molar-refractivity contribution in [2.45, 2.75) is 6.92 Å². The molecule has 0 saturated carbocycles. The van der Waals surface area contributed by atoms with Gasteiger partial charge in [0.25, 0.3) is 5.91 Å². The summed E-state index contributed by atoms with van der Waals surface area (Å²) in [5.74, 6) is 0.176. The minimum absolute atomic E-state index is 0.0386. The average Bonchev–Trinajstić information content (AvgIpc) is 2.51. The molecule has 0 radical (unpaired) electrons. The van der Waals surface area contributed by atoms with E-state index in [4.69, 9.17) is 21.1 Å². The van der Waals surface area contributed by atoms with Crippen molar-refractivity contribution in [2.24, 2.45) is 0 Å². The van der Waals surface area contributed by atoms with Crippen molar-refractivity contribution >= 4 is 23.2 Å². The molecular weight excluding hydrogens is 302 g/mol. The van der Waals surface area contributed by atoms with Crippen LogP contribution >= 0.6 is 11.6 Å². The van der Waals surface area contributed by atoms with E-state index in [1.807, 2.05) is 25.1 Å². The van der Waals surface area contributed by atoms with Gasteiger partial charge in [0.1, 0.15) is 12.0 Å². The Kier molecular flexibility index (Phi) is 5.44. The van der Waals surface area contributed by atoms with Crippen LogP contribution in [0.1, 0.15) is 5.56 Å². The molecule has 2 aromatic carbocycles. The topological polar surface area (TPSA) is 47.6 Å². The van der Waals surface area contributed by atoms with Crippen LogP contribution in [-0.4, -0.2) is 13.0 Å². The van der Waals surface area contributed by atoms with Crippen LogP contribution in [-0.2, 0) is 9.53 Å². The van der Waals surface area contributed by atoms with Crippen LogP contribution in [0.15, 0.2) is 60.6 Å². The Morgan fingerprint density at radius 2 is 1.82 bits per heavy atom. The lowest BCUT2D eigenvalue weighted by Gasteiger charge is -2.12. The van der Waals surface area contributed by atoms with E-state index < -0.39 is 5.91 Å². The number of carbonyl (C=O) groups excluding carboxylic acids is 1. The summed E-state index contributed by atoms with van der Waals surface area (Å²) in [4.78, 5) is 12.3. The quantitative estimate of drug-likeness (QED) is 0.665. The lowest BCUT2D eigenvalue weighted by Crippen LogP contribution is -2.19. The summed E-state index contributed by atoms with van der Waals surface area (Å²) in [6.45, 7) is 1.89. The number of para-hydroxylation sites is 2. The van der Waals surface area contributed by atoms with E-state index in [0.29, 0.717) is 16.5 Å².